The van der Waals surface area contributed by atoms with Gasteiger partial charge in [-0.3, -0.25) is 4.90 Å². The minimum Gasteiger partial charge on any atom is -0.353 e. The van der Waals surface area contributed by atoms with Gasteiger partial charge in [0.15, 0.2) is 21.2 Å². The van der Waals surface area contributed by atoms with E-state index in [2.05, 4.69) is 15.0 Å². The molecule has 23 heavy (non-hydrogen) atoms. The number of piperazine rings is 1. The fraction of sp³-hybridized carbons (Fsp3) is 0.562. The lowest BCUT2D eigenvalue weighted by Gasteiger charge is -2.50. The second-order valence-electron chi connectivity index (χ2n) is 6.78. The fourth-order valence-corrected chi connectivity index (χ4v) is 6.24. The Hall–Kier alpha value is -1.60. The molecule has 1 aromatic carbocycles. The number of piperidine rings is 1. The maximum atomic E-state index is 13.0. The van der Waals surface area contributed by atoms with Crippen molar-refractivity contribution >= 4 is 26.6 Å². The average molecular weight is 333 g/mol. The topological polar surface area (TPSA) is 66.7 Å². The van der Waals surface area contributed by atoms with Crippen LogP contribution in [-0.2, 0) is 9.84 Å². The summed E-state index contributed by atoms with van der Waals surface area (Å²) in [5.74, 6) is 0.958. The third-order valence-corrected chi connectivity index (χ3v) is 7.35. The summed E-state index contributed by atoms with van der Waals surface area (Å²) in [5, 5.41) is 5.06. The van der Waals surface area contributed by atoms with Crippen LogP contribution in [0.5, 0.6) is 0 Å². The molecule has 3 aliphatic rings. The molecule has 1 aromatic heterocycles. The van der Waals surface area contributed by atoms with Gasteiger partial charge in [0.05, 0.1) is 17.2 Å². The lowest BCUT2D eigenvalue weighted by atomic mass is 9.93. The number of hydrogen-bond donors (Lipinski definition) is 0. The van der Waals surface area contributed by atoms with Gasteiger partial charge in [-0.1, -0.05) is 17.6 Å². The molecular weight excluding hydrogens is 314 g/mol. The standard InChI is InChI=1S/C16H19N3O3S/c20-23(21)10-13-12-5-1-2-7-18(12)8-9-19(13)16-11-4-3-6-14(23)15(11)22-17-16/h3-4,6,12-13H,1-2,5,7-10H2/t12-,13?/m0/s1. The van der Waals surface area contributed by atoms with Gasteiger partial charge in [0.2, 0.25) is 0 Å². The van der Waals surface area contributed by atoms with E-state index >= 15 is 0 Å². The van der Waals surface area contributed by atoms with E-state index in [1.54, 1.807) is 12.1 Å². The molecule has 0 saturated carbocycles. The van der Waals surface area contributed by atoms with Crippen LogP contribution in [-0.4, -0.2) is 55.9 Å². The van der Waals surface area contributed by atoms with Gasteiger partial charge in [0.1, 0.15) is 4.90 Å². The van der Waals surface area contributed by atoms with E-state index in [1.165, 1.54) is 12.8 Å². The number of aromatic nitrogens is 1. The number of sulfone groups is 1. The largest absolute Gasteiger partial charge is 0.353 e. The zero-order chi connectivity index (χ0) is 15.6. The van der Waals surface area contributed by atoms with Gasteiger partial charge >= 0.3 is 0 Å². The zero-order valence-corrected chi connectivity index (χ0v) is 13.6. The predicted octanol–water partition coefficient (Wildman–Crippen LogP) is 1.66. The third kappa shape index (κ3) is 1.89. The Labute approximate surface area is 134 Å². The van der Waals surface area contributed by atoms with Crippen molar-refractivity contribution in [2.75, 3.05) is 30.3 Å². The zero-order valence-electron chi connectivity index (χ0n) is 12.8. The highest BCUT2D eigenvalue weighted by atomic mass is 32.2. The molecule has 3 aliphatic heterocycles. The molecule has 7 heteroatoms. The van der Waals surface area contributed by atoms with Crippen molar-refractivity contribution in [1.82, 2.24) is 10.1 Å². The summed E-state index contributed by atoms with van der Waals surface area (Å²) in [6, 6.07) is 5.59. The first-order valence-electron chi connectivity index (χ1n) is 8.27. The summed E-state index contributed by atoms with van der Waals surface area (Å²) in [4.78, 5) is 4.94. The Morgan fingerprint density at radius 1 is 1.13 bits per heavy atom. The monoisotopic (exact) mass is 333 g/mol. The van der Waals surface area contributed by atoms with E-state index in [-0.39, 0.29) is 11.8 Å². The Bertz CT molecular complexity index is 876. The number of nitrogens with zero attached hydrogens (tertiary/aromatic N) is 3. The first-order valence-corrected chi connectivity index (χ1v) is 9.92. The van der Waals surface area contributed by atoms with Crippen LogP contribution < -0.4 is 4.90 Å². The maximum absolute atomic E-state index is 13.0. The van der Waals surface area contributed by atoms with Gasteiger partial charge in [0.25, 0.3) is 0 Å². The van der Waals surface area contributed by atoms with E-state index in [1.807, 2.05) is 6.07 Å². The lowest BCUT2D eigenvalue weighted by Crippen LogP contribution is -2.63. The Balaban J connectivity index is 1.73. The van der Waals surface area contributed by atoms with E-state index < -0.39 is 9.84 Å². The van der Waals surface area contributed by atoms with Gasteiger partial charge < -0.3 is 9.42 Å². The quantitative estimate of drug-likeness (QED) is 0.730. The molecule has 122 valence electrons. The van der Waals surface area contributed by atoms with Gasteiger partial charge in [-0.05, 0) is 31.5 Å². The smallest absolute Gasteiger partial charge is 0.187 e. The number of benzene rings is 1. The summed E-state index contributed by atoms with van der Waals surface area (Å²) in [5.41, 5.74) is 0.409. The van der Waals surface area contributed by atoms with E-state index in [0.717, 1.165) is 37.3 Å². The van der Waals surface area contributed by atoms with Crippen molar-refractivity contribution < 1.29 is 12.9 Å². The highest BCUT2D eigenvalue weighted by molar-refractivity contribution is 7.91. The number of fused-ring (bicyclic) bond motifs is 4. The summed E-state index contributed by atoms with van der Waals surface area (Å²) in [6.07, 6.45) is 3.44. The first-order chi connectivity index (χ1) is 11.1. The van der Waals surface area contributed by atoms with Crippen LogP contribution in [0.25, 0.3) is 11.0 Å². The predicted molar refractivity (Wildman–Crippen MR) is 86.4 cm³/mol. The molecule has 2 aromatic rings. The van der Waals surface area contributed by atoms with Crippen LogP contribution >= 0.6 is 0 Å². The van der Waals surface area contributed by atoms with E-state index in [0.29, 0.717) is 16.5 Å². The van der Waals surface area contributed by atoms with Crippen LogP contribution in [0.1, 0.15) is 19.3 Å². The molecule has 1 unspecified atom stereocenters. The molecule has 0 N–H and O–H groups in total. The lowest BCUT2D eigenvalue weighted by molar-refractivity contribution is 0.106. The van der Waals surface area contributed by atoms with Crippen LogP contribution in [0.2, 0.25) is 0 Å². The maximum Gasteiger partial charge on any atom is 0.187 e. The van der Waals surface area contributed by atoms with Crippen molar-refractivity contribution in [2.24, 2.45) is 0 Å². The molecule has 0 radical (unpaired) electrons. The summed E-state index contributed by atoms with van der Waals surface area (Å²) in [7, 11) is -3.39. The van der Waals surface area contributed by atoms with Crippen molar-refractivity contribution in [3.8, 4) is 0 Å². The molecule has 4 heterocycles. The first kappa shape index (κ1) is 13.8. The minimum atomic E-state index is -3.39. The molecular formula is C16H19N3O3S. The minimum absolute atomic E-state index is 0.0408. The molecule has 2 saturated heterocycles. The van der Waals surface area contributed by atoms with Crippen molar-refractivity contribution in [2.45, 2.75) is 36.2 Å². The van der Waals surface area contributed by atoms with Crippen LogP contribution in [0, 0.1) is 0 Å². The molecule has 0 amide bonds. The van der Waals surface area contributed by atoms with Gasteiger partial charge in [-0.15, -0.1) is 0 Å². The second-order valence-corrected chi connectivity index (χ2v) is 8.78. The number of para-hydroxylation sites is 1. The molecule has 5 rings (SSSR count). The number of anilines is 1. The van der Waals surface area contributed by atoms with Gasteiger partial charge in [-0.2, -0.15) is 0 Å². The Morgan fingerprint density at radius 3 is 2.96 bits per heavy atom. The molecule has 0 aliphatic carbocycles. The van der Waals surface area contributed by atoms with Gasteiger partial charge in [-0.25, -0.2) is 8.42 Å². The number of rotatable bonds is 0. The molecule has 2 atom stereocenters. The van der Waals surface area contributed by atoms with Gasteiger partial charge in [0, 0.05) is 19.1 Å². The third-order valence-electron chi connectivity index (χ3n) is 5.58. The van der Waals surface area contributed by atoms with E-state index in [9.17, 15) is 8.42 Å². The highest BCUT2D eigenvalue weighted by Crippen LogP contribution is 2.39. The molecule has 4 bridgehead atoms. The van der Waals surface area contributed by atoms with Crippen LogP contribution in [0.4, 0.5) is 5.82 Å². The number of hydrogen-bond acceptors (Lipinski definition) is 6. The van der Waals surface area contributed by atoms with Crippen molar-refractivity contribution in [1.29, 1.82) is 0 Å². The fourth-order valence-electron chi connectivity index (χ4n) is 4.49. The van der Waals surface area contributed by atoms with Crippen molar-refractivity contribution in [3.05, 3.63) is 18.2 Å². The average Bonchev–Trinajstić information content (AvgIpc) is 2.99. The van der Waals surface area contributed by atoms with Crippen LogP contribution in [0.3, 0.4) is 0 Å². The SMILES string of the molecule is O=S1(=O)CC2[C@@H]3CCCCN3CCN2c2noc3c1cccc23. The summed E-state index contributed by atoms with van der Waals surface area (Å²) < 4.78 is 31.4. The normalized spacial score (nSPS) is 29.8. The summed E-state index contributed by atoms with van der Waals surface area (Å²) >= 11 is 0. The van der Waals surface area contributed by atoms with Crippen LogP contribution in [0.15, 0.2) is 27.6 Å². The van der Waals surface area contributed by atoms with E-state index in [4.69, 9.17) is 4.52 Å². The van der Waals surface area contributed by atoms with Crippen molar-refractivity contribution in [3.63, 3.8) is 0 Å². The highest BCUT2D eigenvalue weighted by Gasteiger charge is 2.43. The second kappa shape index (κ2) is 4.70. The molecule has 6 nitrogen and oxygen atoms in total. The molecule has 0 spiro atoms. The molecule has 2 fully saturated rings. The Kier molecular flexibility index (Phi) is 2.82. The Morgan fingerprint density at radius 2 is 2.04 bits per heavy atom. The summed E-state index contributed by atoms with van der Waals surface area (Å²) in [6.45, 7) is 2.85.